The molecule has 0 aromatic heterocycles. The molecule has 2 aliphatic rings. The van der Waals surface area contributed by atoms with E-state index in [2.05, 4.69) is 0 Å². The molecular formula is C23H22N2O4S. The Morgan fingerprint density at radius 3 is 2.43 bits per heavy atom. The number of hydrogen-bond acceptors (Lipinski definition) is 4. The molecule has 30 heavy (non-hydrogen) atoms. The molecule has 0 radical (unpaired) electrons. The molecule has 0 atom stereocenters. The summed E-state index contributed by atoms with van der Waals surface area (Å²) in [4.78, 5) is 15.3. The summed E-state index contributed by atoms with van der Waals surface area (Å²) < 4.78 is 32.8. The monoisotopic (exact) mass is 422 g/mol. The van der Waals surface area contributed by atoms with Gasteiger partial charge in [-0.05, 0) is 48.1 Å². The van der Waals surface area contributed by atoms with Crippen molar-refractivity contribution < 1.29 is 17.9 Å². The third-order valence-electron chi connectivity index (χ3n) is 5.78. The Bertz CT molecular complexity index is 1230. The highest BCUT2D eigenvalue weighted by atomic mass is 32.2. The van der Waals surface area contributed by atoms with Gasteiger partial charge in [0.05, 0.1) is 17.7 Å². The third-order valence-corrected chi connectivity index (χ3v) is 7.58. The summed E-state index contributed by atoms with van der Waals surface area (Å²) in [6, 6.07) is 18.5. The molecule has 3 aromatic carbocycles. The van der Waals surface area contributed by atoms with Crippen molar-refractivity contribution in [2.24, 2.45) is 0 Å². The minimum Gasteiger partial charge on any atom is -0.497 e. The minimum absolute atomic E-state index is 0.170. The molecule has 0 bridgehead atoms. The summed E-state index contributed by atoms with van der Waals surface area (Å²) in [5, 5.41) is 1.56. The van der Waals surface area contributed by atoms with Crippen molar-refractivity contribution in [1.29, 1.82) is 0 Å². The van der Waals surface area contributed by atoms with Gasteiger partial charge >= 0.3 is 0 Å². The molecular weight excluding hydrogens is 400 g/mol. The molecule has 1 aliphatic carbocycles. The van der Waals surface area contributed by atoms with Crippen LogP contribution in [0.15, 0.2) is 65.6 Å². The van der Waals surface area contributed by atoms with Gasteiger partial charge in [0.2, 0.25) is 5.91 Å². The van der Waals surface area contributed by atoms with Crippen LogP contribution in [0.3, 0.4) is 0 Å². The largest absolute Gasteiger partial charge is 0.497 e. The van der Waals surface area contributed by atoms with Crippen LogP contribution in [0.1, 0.15) is 18.4 Å². The zero-order valence-corrected chi connectivity index (χ0v) is 17.4. The fraction of sp³-hybridized carbons (Fsp3) is 0.261. The van der Waals surface area contributed by atoms with Crippen LogP contribution in [0.4, 0.5) is 5.69 Å². The van der Waals surface area contributed by atoms with Crippen molar-refractivity contribution in [2.45, 2.75) is 30.3 Å². The fourth-order valence-corrected chi connectivity index (χ4v) is 5.74. The van der Waals surface area contributed by atoms with Gasteiger partial charge in [0.25, 0.3) is 10.0 Å². The molecule has 1 saturated carbocycles. The maximum atomic E-state index is 13.3. The molecule has 1 heterocycles. The number of amides is 1. The van der Waals surface area contributed by atoms with E-state index in [4.69, 9.17) is 4.74 Å². The van der Waals surface area contributed by atoms with Gasteiger partial charge in [0.1, 0.15) is 12.3 Å². The van der Waals surface area contributed by atoms with Crippen LogP contribution in [0.25, 0.3) is 10.8 Å². The lowest BCUT2D eigenvalue weighted by molar-refractivity contribution is -0.130. The first-order valence-electron chi connectivity index (χ1n) is 9.96. The number of sulfonamides is 1. The predicted molar refractivity (Wildman–Crippen MR) is 115 cm³/mol. The highest BCUT2D eigenvalue weighted by molar-refractivity contribution is 7.93. The maximum Gasteiger partial charge on any atom is 0.265 e. The Balaban J connectivity index is 1.43. The van der Waals surface area contributed by atoms with Crippen LogP contribution in [0, 0.1) is 0 Å². The normalized spacial score (nSPS) is 16.6. The molecule has 3 aromatic rings. The van der Waals surface area contributed by atoms with E-state index in [0.717, 1.165) is 29.5 Å². The van der Waals surface area contributed by atoms with Gasteiger partial charge < -0.3 is 9.64 Å². The fourth-order valence-electron chi connectivity index (χ4n) is 4.08. The predicted octanol–water partition coefficient (Wildman–Crippen LogP) is 3.55. The van der Waals surface area contributed by atoms with E-state index in [-0.39, 0.29) is 23.4 Å². The molecule has 6 nitrogen and oxygen atoms in total. The van der Waals surface area contributed by atoms with Crippen molar-refractivity contribution in [3.63, 3.8) is 0 Å². The Hall–Kier alpha value is -3.06. The lowest BCUT2D eigenvalue weighted by Crippen LogP contribution is -2.42. The number of methoxy groups -OCH3 is 1. The van der Waals surface area contributed by atoms with Crippen LogP contribution < -0.4 is 9.04 Å². The number of rotatable bonds is 6. The highest BCUT2D eigenvalue weighted by Crippen LogP contribution is 2.42. The Kier molecular flexibility index (Phi) is 4.43. The number of nitrogens with zero attached hydrogens (tertiary/aromatic N) is 2. The smallest absolute Gasteiger partial charge is 0.265 e. The van der Waals surface area contributed by atoms with Gasteiger partial charge in [-0.15, -0.1) is 0 Å². The highest BCUT2D eigenvalue weighted by Gasteiger charge is 2.39. The van der Waals surface area contributed by atoms with E-state index < -0.39 is 10.0 Å². The molecule has 1 aliphatic heterocycles. The average Bonchev–Trinajstić information content (AvgIpc) is 3.57. The summed E-state index contributed by atoms with van der Waals surface area (Å²) in [5.74, 6) is 0.582. The summed E-state index contributed by atoms with van der Waals surface area (Å²) in [5.41, 5.74) is 1.57. The van der Waals surface area contributed by atoms with Gasteiger partial charge in [-0.1, -0.05) is 36.4 Å². The second-order valence-electron chi connectivity index (χ2n) is 7.74. The number of benzene rings is 3. The summed E-state index contributed by atoms with van der Waals surface area (Å²) in [7, 11) is -2.13. The van der Waals surface area contributed by atoms with E-state index in [1.165, 1.54) is 4.31 Å². The van der Waals surface area contributed by atoms with Gasteiger partial charge in [0, 0.05) is 18.0 Å². The maximum absolute atomic E-state index is 13.3. The molecule has 0 saturated heterocycles. The van der Waals surface area contributed by atoms with Gasteiger partial charge in [-0.3, -0.25) is 9.10 Å². The zero-order chi connectivity index (χ0) is 20.9. The standard InChI is InChI=1S/C23H22N2O4S/c1-29-19-12-8-16(9-13-19)14-24(18-10-11-18)22(26)15-25-20-6-2-4-17-5-3-7-21(23(17)20)30(25,27)28/h2-9,12-13,18H,10-11,14-15H2,1H3. The van der Waals surface area contributed by atoms with Crippen molar-refractivity contribution in [1.82, 2.24) is 4.90 Å². The average molecular weight is 423 g/mol. The van der Waals surface area contributed by atoms with Gasteiger partial charge in [-0.25, -0.2) is 8.42 Å². The Labute approximate surface area is 175 Å². The van der Waals surface area contributed by atoms with E-state index in [1.54, 1.807) is 30.2 Å². The minimum atomic E-state index is -3.74. The first-order chi connectivity index (χ1) is 14.5. The number of carbonyl (C=O) groups excluding carboxylic acids is 1. The first-order valence-corrected chi connectivity index (χ1v) is 11.4. The molecule has 154 valence electrons. The van der Waals surface area contributed by atoms with Crippen molar-refractivity contribution >= 4 is 32.4 Å². The van der Waals surface area contributed by atoms with E-state index in [0.29, 0.717) is 17.6 Å². The summed E-state index contributed by atoms with van der Waals surface area (Å²) >= 11 is 0. The number of anilines is 1. The van der Waals surface area contributed by atoms with Crippen molar-refractivity contribution in [3.8, 4) is 5.75 Å². The lowest BCUT2D eigenvalue weighted by Gasteiger charge is -2.26. The summed E-state index contributed by atoms with van der Waals surface area (Å²) in [6.07, 6.45) is 1.90. The third kappa shape index (κ3) is 3.10. The second kappa shape index (κ2) is 7.02. The van der Waals surface area contributed by atoms with E-state index in [1.807, 2.05) is 42.5 Å². The van der Waals surface area contributed by atoms with Crippen molar-refractivity contribution in [2.75, 3.05) is 18.0 Å². The molecule has 1 amide bonds. The van der Waals surface area contributed by atoms with Crippen molar-refractivity contribution in [3.05, 3.63) is 66.2 Å². The zero-order valence-electron chi connectivity index (χ0n) is 16.6. The van der Waals surface area contributed by atoms with Crippen LogP contribution in [-0.4, -0.2) is 38.9 Å². The number of hydrogen-bond donors (Lipinski definition) is 0. The first kappa shape index (κ1) is 18.9. The molecule has 7 heteroatoms. The Morgan fingerprint density at radius 2 is 1.77 bits per heavy atom. The topological polar surface area (TPSA) is 66.9 Å². The van der Waals surface area contributed by atoms with Crippen LogP contribution in [0.5, 0.6) is 5.75 Å². The van der Waals surface area contributed by atoms with E-state index in [9.17, 15) is 13.2 Å². The van der Waals surface area contributed by atoms with Gasteiger partial charge in [-0.2, -0.15) is 0 Å². The summed E-state index contributed by atoms with van der Waals surface area (Å²) in [6.45, 7) is 0.265. The van der Waals surface area contributed by atoms with E-state index >= 15 is 0 Å². The second-order valence-corrected chi connectivity index (χ2v) is 9.57. The molecule has 0 unspecified atom stereocenters. The lowest BCUT2D eigenvalue weighted by atomic mass is 10.1. The molecule has 0 N–H and O–H groups in total. The number of ether oxygens (including phenoxy) is 1. The van der Waals surface area contributed by atoms with Crippen LogP contribution in [-0.2, 0) is 21.4 Å². The van der Waals surface area contributed by atoms with Crippen LogP contribution in [0.2, 0.25) is 0 Å². The quantitative estimate of drug-likeness (QED) is 0.609. The van der Waals surface area contributed by atoms with Crippen LogP contribution >= 0.6 is 0 Å². The molecule has 1 fully saturated rings. The molecule has 0 spiro atoms. The molecule has 5 rings (SSSR count). The number of carbonyl (C=O) groups is 1. The Morgan fingerprint density at radius 1 is 1.07 bits per heavy atom. The SMILES string of the molecule is COc1ccc(CN(C(=O)CN2c3cccc4cccc(c34)S2(=O)=O)C2CC2)cc1. The van der Waals surface area contributed by atoms with Gasteiger partial charge in [0.15, 0.2) is 0 Å².